The zero-order valence-corrected chi connectivity index (χ0v) is 14.6. The van der Waals surface area contributed by atoms with E-state index in [4.69, 9.17) is 14.2 Å². The number of aliphatic hydroxyl groups is 1. The number of hydrogen-bond acceptors (Lipinski definition) is 7. The van der Waals surface area contributed by atoms with Crippen molar-refractivity contribution < 1.29 is 29.0 Å². The fourth-order valence-electron chi connectivity index (χ4n) is 3.21. The van der Waals surface area contributed by atoms with E-state index in [0.717, 1.165) is 5.56 Å². The molecule has 1 aliphatic heterocycles. The zero-order chi connectivity index (χ0) is 19.7. The standard InChI is InChI=1S/C20H17NO7/c22-17-15(26-19(23)12-6-8-14(9-7-12)21(24)25)10-11-16-18(17)28-20(27-16)13-4-2-1-3-5-13/h1-11,15-18,20,22H/t15-,16+,17+,18+,20+/m1/s1. The van der Waals surface area contributed by atoms with E-state index in [9.17, 15) is 20.0 Å². The van der Waals surface area contributed by atoms with Crippen LogP contribution in [-0.4, -0.2) is 40.4 Å². The van der Waals surface area contributed by atoms with Crippen molar-refractivity contribution in [2.45, 2.75) is 30.7 Å². The molecule has 0 saturated carbocycles. The van der Waals surface area contributed by atoms with Crippen LogP contribution in [0.3, 0.4) is 0 Å². The summed E-state index contributed by atoms with van der Waals surface area (Å²) in [6.07, 6.45) is -0.494. The van der Waals surface area contributed by atoms with Gasteiger partial charge in [-0.05, 0) is 18.2 Å². The maximum absolute atomic E-state index is 12.3. The number of hydrogen-bond donors (Lipinski definition) is 1. The van der Waals surface area contributed by atoms with Crippen molar-refractivity contribution in [3.05, 3.63) is 88.0 Å². The smallest absolute Gasteiger partial charge is 0.338 e. The van der Waals surface area contributed by atoms with Crippen molar-refractivity contribution in [1.29, 1.82) is 0 Å². The molecule has 28 heavy (non-hydrogen) atoms. The maximum atomic E-state index is 12.3. The Morgan fingerprint density at radius 1 is 1.04 bits per heavy atom. The Morgan fingerprint density at radius 3 is 2.43 bits per heavy atom. The number of nitro groups is 1. The van der Waals surface area contributed by atoms with Gasteiger partial charge in [0, 0.05) is 17.7 Å². The molecule has 2 aliphatic rings. The van der Waals surface area contributed by atoms with E-state index >= 15 is 0 Å². The molecule has 1 saturated heterocycles. The Balaban J connectivity index is 1.43. The lowest BCUT2D eigenvalue weighted by Crippen LogP contribution is -2.46. The van der Waals surface area contributed by atoms with E-state index < -0.39 is 41.6 Å². The normalized spacial score (nSPS) is 28.5. The summed E-state index contributed by atoms with van der Waals surface area (Å²) < 4.78 is 17.0. The molecule has 5 atom stereocenters. The first-order valence-corrected chi connectivity index (χ1v) is 8.70. The van der Waals surface area contributed by atoms with E-state index in [1.54, 1.807) is 12.2 Å². The third-order valence-electron chi connectivity index (χ3n) is 4.68. The monoisotopic (exact) mass is 383 g/mol. The van der Waals surface area contributed by atoms with Crippen LogP contribution in [0.5, 0.6) is 0 Å². The van der Waals surface area contributed by atoms with Gasteiger partial charge in [-0.3, -0.25) is 10.1 Å². The molecular weight excluding hydrogens is 366 g/mol. The summed E-state index contributed by atoms with van der Waals surface area (Å²) in [5, 5.41) is 21.3. The second-order valence-electron chi connectivity index (χ2n) is 6.49. The van der Waals surface area contributed by atoms with E-state index in [1.807, 2.05) is 30.3 Å². The van der Waals surface area contributed by atoms with Gasteiger partial charge >= 0.3 is 5.97 Å². The van der Waals surface area contributed by atoms with Gasteiger partial charge in [0.05, 0.1) is 10.5 Å². The van der Waals surface area contributed by atoms with Gasteiger partial charge in [0.1, 0.15) is 24.4 Å². The minimum absolute atomic E-state index is 0.125. The molecule has 0 unspecified atom stereocenters. The molecule has 1 fully saturated rings. The van der Waals surface area contributed by atoms with E-state index in [-0.39, 0.29) is 11.3 Å². The van der Waals surface area contributed by atoms with Gasteiger partial charge in [0.15, 0.2) is 6.29 Å². The van der Waals surface area contributed by atoms with Gasteiger partial charge in [-0.25, -0.2) is 4.79 Å². The Kier molecular flexibility index (Phi) is 4.91. The minimum atomic E-state index is -1.11. The third-order valence-corrected chi connectivity index (χ3v) is 4.68. The highest BCUT2D eigenvalue weighted by Gasteiger charge is 2.46. The summed E-state index contributed by atoms with van der Waals surface area (Å²) in [4.78, 5) is 22.5. The number of rotatable bonds is 4. The zero-order valence-electron chi connectivity index (χ0n) is 14.6. The predicted molar refractivity (Wildman–Crippen MR) is 96.4 cm³/mol. The van der Waals surface area contributed by atoms with Crippen molar-refractivity contribution in [3.63, 3.8) is 0 Å². The molecule has 1 heterocycles. The molecule has 8 nitrogen and oxygen atoms in total. The van der Waals surface area contributed by atoms with Crippen LogP contribution in [0.25, 0.3) is 0 Å². The number of aliphatic hydroxyl groups excluding tert-OH is 1. The number of carbonyl (C=O) groups is 1. The van der Waals surface area contributed by atoms with Crippen molar-refractivity contribution in [2.75, 3.05) is 0 Å². The van der Waals surface area contributed by atoms with Crippen LogP contribution in [-0.2, 0) is 14.2 Å². The summed E-state index contributed by atoms with van der Waals surface area (Å²) in [5.41, 5.74) is 0.858. The third kappa shape index (κ3) is 3.53. The van der Waals surface area contributed by atoms with E-state index in [2.05, 4.69) is 0 Å². The van der Waals surface area contributed by atoms with Crippen LogP contribution in [0.1, 0.15) is 22.2 Å². The number of carbonyl (C=O) groups excluding carboxylic acids is 1. The van der Waals surface area contributed by atoms with E-state index in [0.29, 0.717) is 0 Å². The molecule has 1 N–H and O–H groups in total. The predicted octanol–water partition coefficient (Wildman–Crippen LogP) is 2.53. The quantitative estimate of drug-likeness (QED) is 0.374. The van der Waals surface area contributed by atoms with Gasteiger partial charge < -0.3 is 19.3 Å². The van der Waals surface area contributed by atoms with Crippen LogP contribution < -0.4 is 0 Å². The fraction of sp³-hybridized carbons (Fsp3) is 0.250. The molecule has 2 aromatic carbocycles. The van der Waals surface area contributed by atoms with Crippen LogP contribution in [0.2, 0.25) is 0 Å². The van der Waals surface area contributed by atoms with Crippen LogP contribution >= 0.6 is 0 Å². The van der Waals surface area contributed by atoms with Crippen LogP contribution in [0, 0.1) is 10.1 Å². The summed E-state index contributed by atoms with van der Waals surface area (Å²) in [6, 6.07) is 14.4. The summed E-state index contributed by atoms with van der Waals surface area (Å²) in [7, 11) is 0. The molecule has 0 amide bonds. The molecular formula is C20H17NO7. The first-order chi connectivity index (χ1) is 13.5. The molecule has 144 valence electrons. The molecule has 8 heteroatoms. The number of fused-ring (bicyclic) bond motifs is 1. The number of benzene rings is 2. The lowest BCUT2D eigenvalue weighted by atomic mass is 9.96. The maximum Gasteiger partial charge on any atom is 0.338 e. The molecule has 1 aliphatic carbocycles. The number of esters is 1. The highest BCUT2D eigenvalue weighted by atomic mass is 16.7. The SMILES string of the molecule is O=C(O[C@@H]1C=C[C@@H]2O[C@H](c3ccccc3)O[C@@H]2[C@H]1O)c1ccc([N+](=O)[O-])cc1. The molecule has 0 aromatic heterocycles. The highest BCUT2D eigenvalue weighted by molar-refractivity contribution is 5.89. The number of nitro benzene ring substituents is 1. The number of ether oxygens (including phenoxy) is 3. The summed E-state index contributed by atoms with van der Waals surface area (Å²) in [5.74, 6) is -0.694. The van der Waals surface area contributed by atoms with Gasteiger partial charge in [-0.1, -0.05) is 36.4 Å². The first-order valence-electron chi connectivity index (χ1n) is 8.70. The van der Waals surface area contributed by atoms with Crippen LogP contribution in [0.15, 0.2) is 66.7 Å². The molecule has 0 bridgehead atoms. The average Bonchev–Trinajstić information content (AvgIpc) is 3.16. The van der Waals surface area contributed by atoms with Gasteiger partial charge in [0.2, 0.25) is 0 Å². The number of non-ortho nitro benzene ring substituents is 1. The van der Waals surface area contributed by atoms with E-state index in [1.165, 1.54) is 24.3 Å². The first kappa shape index (κ1) is 18.3. The lowest BCUT2D eigenvalue weighted by molar-refractivity contribution is -0.384. The fourth-order valence-corrected chi connectivity index (χ4v) is 3.21. The van der Waals surface area contributed by atoms with Crippen molar-refractivity contribution >= 4 is 11.7 Å². The molecule has 4 rings (SSSR count). The van der Waals surface area contributed by atoms with Crippen molar-refractivity contribution in [2.24, 2.45) is 0 Å². The largest absolute Gasteiger partial charge is 0.452 e. The Labute approximate surface area is 160 Å². The van der Waals surface area contributed by atoms with Crippen LogP contribution in [0.4, 0.5) is 5.69 Å². The Morgan fingerprint density at radius 2 is 1.75 bits per heavy atom. The molecule has 0 radical (unpaired) electrons. The second-order valence-corrected chi connectivity index (χ2v) is 6.49. The summed E-state index contributed by atoms with van der Waals surface area (Å²) >= 11 is 0. The van der Waals surface area contributed by atoms with Crippen molar-refractivity contribution in [1.82, 2.24) is 0 Å². The number of nitrogens with zero attached hydrogens (tertiary/aromatic N) is 1. The average molecular weight is 383 g/mol. The van der Waals surface area contributed by atoms with Gasteiger partial charge in [-0.15, -0.1) is 0 Å². The Hall–Kier alpha value is -3.07. The minimum Gasteiger partial charge on any atom is -0.452 e. The van der Waals surface area contributed by atoms with Gasteiger partial charge in [-0.2, -0.15) is 0 Å². The topological polar surface area (TPSA) is 108 Å². The highest BCUT2D eigenvalue weighted by Crippen LogP contribution is 2.36. The molecule has 2 aromatic rings. The lowest BCUT2D eigenvalue weighted by Gasteiger charge is -2.29. The summed E-state index contributed by atoms with van der Waals surface area (Å²) in [6.45, 7) is 0. The second kappa shape index (κ2) is 7.51. The van der Waals surface area contributed by atoms with Crippen molar-refractivity contribution in [3.8, 4) is 0 Å². The Bertz CT molecular complexity index is 897. The van der Waals surface area contributed by atoms with Gasteiger partial charge in [0.25, 0.3) is 5.69 Å². The molecule has 0 spiro atoms.